The predicted molar refractivity (Wildman–Crippen MR) is 103 cm³/mol. The predicted octanol–water partition coefficient (Wildman–Crippen LogP) is 3.90. The van der Waals surface area contributed by atoms with Crippen LogP contribution in [0.4, 0.5) is 0 Å². The van der Waals surface area contributed by atoms with Gasteiger partial charge >= 0.3 is 0 Å². The normalized spacial score (nSPS) is 23.6. The number of carbonyl (C=O) groups is 1. The molecule has 1 amide bonds. The largest absolute Gasteiger partial charge is 0.376 e. The van der Waals surface area contributed by atoms with E-state index < -0.39 is 0 Å². The van der Waals surface area contributed by atoms with E-state index in [0.717, 1.165) is 25.9 Å². The van der Waals surface area contributed by atoms with Crippen molar-refractivity contribution in [3.8, 4) is 0 Å². The van der Waals surface area contributed by atoms with Crippen molar-refractivity contribution >= 4 is 5.91 Å². The first kappa shape index (κ1) is 17.3. The second-order valence-corrected chi connectivity index (χ2v) is 7.85. The van der Waals surface area contributed by atoms with Crippen molar-refractivity contribution < 1.29 is 9.53 Å². The Hall–Kier alpha value is -2.13. The minimum absolute atomic E-state index is 0.00694. The highest BCUT2D eigenvalue weighted by molar-refractivity contribution is 5.86. The Morgan fingerprint density at radius 2 is 1.77 bits per heavy atom. The molecule has 1 heterocycles. The lowest BCUT2D eigenvalue weighted by molar-refractivity contribution is -0.123. The number of benzene rings is 2. The first-order valence-corrected chi connectivity index (χ1v) is 9.63. The zero-order valence-electron chi connectivity index (χ0n) is 15.6. The van der Waals surface area contributed by atoms with Crippen molar-refractivity contribution in [3.05, 3.63) is 70.8 Å². The van der Waals surface area contributed by atoms with E-state index >= 15 is 0 Å². The average molecular weight is 349 g/mol. The topological polar surface area (TPSA) is 38.3 Å². The molecule has 2 aromatic rings. The molecule has 3 heteroatoms. The number of hydrogen-bond acceptors (Lipinski definition) is 2. The summed E-state index contributed by atoms with van der Waals surface area (Å²) in [6, 6.07) is 17.2. The Kier molecular flexibility index (Phi) is 4.58. The fraction of sp³-hybridized carbons (Fsp3) is 0.435. The van der Waals surface area contributed by atoms with Gasteiger partial charge in [-0.3, -0.25) is 4.79 Å². The van der Waals surface area contributed by atoms with Crippen LogP contribution in [0, 0.1) is 19.8 Å². The van der Waals surface area contributed by atoms with Gasteiger partial charge in [0.2, 0.25) is 5.91 Å². The van der Waals surface area contributed by atoms with Crippen molar-refractivity contribution in [3.63, 3.8) is 0 Å². The van der Waals surface area contributed by atoms with Crippen LogP contribution in [0.25, 0.3) is 0 Å². The summed E-state index contributed by atoms with van der Waals surface area (Å²) in [5.41, 5.74) is 4.78. The van der Waals surface area contributed by atoms with Gasteiger partial charge in [-0.25, -0.2) is 0 Å². The molecule has 0 spiro atoms. The van der Waals surface area contributed by atoms with Gasteiger partial charge in [-0.1, -0.05) is 59.7 Å². The fourth-order valence-electron chi connectivity index (χ4n) is 4.37. The Labute approximate surface area is 155 Å². The van der Waals surface area contributed by atoms with Gasteiger partial charge in [-0.15, -0.1) is 0 Å². The number of amides is 1. The molecule has 0 aromatic heterocycles. The molecular formula is C23H27NO2. The van der Waals surface area contributed by atoms with Crippen LogP contribution in [-0.2, 0) is 14.9 Å². The van der Waals surface area contributed by atoms with Gasteiger partial charge in [0, 0.05) is 18.6 Å². The molecule has 0 bridgehead atoms. The van der Waals surface area contributed by atoms with Crippen LogP contribution >= 0.6 is 0 Å². The van der Waals surface area contributed by atoms with Crippen LogP contribution in [0.5, 0.6) is 0 Å². The molecule has 4 rings (SSSR count). The Morgan fingerprint density at radius 1 is 1.12 bits per heavy atom. The second kappa shape index (κ2) is 6.88. The van der Waals surface area contributed by atoms with Crippen molar-refractivity contribution in [2.24, 2.45) is 5.92 Å². The monoisotopic (exact) mass is 349 g/mol. The summed E-state index contributed by atoms with van der Waals surface area (Å²) in [6.07, 6.45) is 3.20. The molecule has 1 N–H and O–H groups in total. The van der Waals surface area contributed by atoms with Crippen LogP contribution in [0.1, 0.15) is 41.5 Å². The summed E-state index contributed by atoms with van der Waals surface area (Å²) < 4.78 is 5.64. The molecule has 1 saturated heterocycles. The van der Waals surface area contributed by atoms with Crippen molar-refractivity contribution in [2.75, 3.05) is 13.2 Å². The molecule has 2 fully saturated rings. The fourth-order valence-corrected chi connectivity index (χ4v) is 4.37. The van der Waals surface area contributed by atoms with E-state index in [0.29, 0.717) is 6.54 Å². The minimum Gasteiger partial charge on any atom is -0.376 e. The smallest absolute Gasteiger partial charge is 0.224 e. The molecule has 1 aliphatic heterocycles. The van der Waals surface area contributed by atoms with Gasteiger partial charge in [0.1, 0.15) is 0 Å². The van der Waals surface area contributed by atoms with Crippen LogP contribution in [0.2, 0.25) is 0 Å². The van der Waals surface area contributed by atoms with Crippen LogP contribution in [0.15, 0.2) is 48.5 Å². The van der Waals surface area contributed by atoms with E-state index in [2.05, 4.69) is 67.7 Å². The lowest BCUT2D eigenvalue weighted by Gasteiger charge is -2.20. The molecule has 136 valence electrons. The van der Waals surface area contributed by atoms with Gasteiger partial charge in [0.25, 0.3) is 0 Å². The number of rotatable bonds is 5. The van der Waals surface area contributed by atoms with Crippen molar-refractivity contribution in [2.45, 2.75) is 44.6 Å². The van der Waals surface area contributed by atoms with Gasteiger partial charge in [0.15, 0.2) is 0 Å². The Bertz CT molecular complexity index is 762. The van der Waals surface area contributed by atoms with E-state index in [1.54, 1.807) is 0 Å². The highest BCUT2D eigenvalue weighted by Gasteiger charge is 2.60. The van der Waals surface area contributed by atoms with Crippen molar-refractivity contribution in [1.82, 2.24) is 5.32 Å². The van der Waals surface area contributed by atoms with Gasteiger partial charge in [-0.2, -0.15) is 0 Å². The molecule has 1 saturated carbocycles. The summed E-state index contributed by atoms with van der Waals surface area (Å²) in [6.45, 7) is 5.68. The Balaban J connectivity index is 1.60. The third-order valence-corrected chi connectivity index (χ3v) is 5.87. The molecule has 26 heavy (non-hydrogen) atoms. The quantitative estimate of drug-likeness (QED) is 0.889. The molecule has 2 aromatic carbocycles. The number of carbonyl (C=O) groups excluding carboxylic acids is 1. The average Bonchev–Trinajstić information content (AvgIpc) is 3.19. The molecule has 2 atom stereocenters. The number of ether oxygens (including phenoxy) is 1. The Morgan fingerprint density at radius 3 is 2.31 bits per heavy atom. The maximum Gasteiger partial charge on any atom is 0.224 e. The van der Waals surface area contributed by atoms with E-state index in [4.69, 9.17) is 4.74 Å². The van der Waals surface area contributed by atoms with E-state index in [1.807, 2.05) is 0 Å². The molecule has 1 aliphatic carbocycles. The lowest BCUT2D eigenvalue weighted by Crippen LogP contribution is -2.34. The zero-order valence-corrected chi connectivity index (χ0v) is 15.6. The van der Waals surface area contributed by atoms with Crippen LogP contribution in [-0.4, -0.2) is 25.2 Å². The number of aryl methyl sites for hydroxylation is 2. The van der Waals surface area contributed by atoms with Crippen molar-refractivity contribution in [1.29, 1.82) is 0 Å². The van der Waals surface area contributed by atoms with Gasteiger partial charge < -0.3 is 10.1 Å². The van der Waals surface area contributed by atoms with E-state index in [1.165, 1.54) is 22.3 Å². The van der Waals surface area contributed by atoms with E-state index in [9.17, 15) is 4.79 Å². The maximum atomic E-state index is 12.9. The first-order valence-electron chi connectivity index (χ1n) is 9.63. The highest BCUT2D eigenvalue weighted by atomic mass is 16.5. The zero-order chi connectivity index (χ0) is 18.1. The van der Waals surface area contributed by atoms with Crippen LogP contribution < -0.4 is 5.32 Å². The third kappa shape index (κ3) is 3.16. The summed E-state index contributed by atoms with van der Waals surface area (Å²) in [4.78, 5) is 12.9. The molecule has 2 aliphatic rings. The van der Waals surface area contributed by atoms with Crippen LogP contribution in [0.3, 0.4) is 0 Å². The highest BCUT2D eigenvalue weighted by Crippen LogP contribution is 2.59. The first-order chi connectivity index (χ1) is 12.6. The molecular weight excluding hydrogens is 322 g/mol. The van der Waals surface area contributed by atoms with E-state index in [-0.39, 0.29) is 23.3 Å². The summed E-state index contributed by atoms with van der Waals surface area (Å²) >= 11 is 0. The SMILES string of the molecule is Cc1cccc(C2(c3cccc(C)c3)C[C@H]2C(=O)NC[C@@H]2CCCO2)c1. The number of nitrogens with one attached hydrogen (secondary N) is 1. The minimum atomic E-state index is -0.196. The second-order valence-electron chi connectivity index (χ2n) is 7.85. The number of hydrogen-bond donors (Lipinski definition) is 1. The third-order valence-electron chi connectivity index (χ3n) is 5.87. The standard InChI is InChI=1S/C23H27NO2/c1-16-6-3-8-18(12-16)23(19-9-4-7-17(2)13-19)14-21(23)22(25)24-15-20-10-5-11-26-20/h3-4,6-9,12-13,20-21H,5,10-11,14-15H2,1-2H3,(H,24,25)/t20-,21-/m0/s1. The summed E-state index contributed by atoms with van der Waals surface area (Å²) in [5, 5.41) is 3.15. The van der Waals surface area contributed by atoms with Gasteiger partial charge in [-0.05, 0) is 44.2 Å². The molecule has 3 nitrogen and oxygen atoms in total. The summed E-state index contributed by atoms with van der Waals surface area (Å²) in [7, 11) is 0. The maximum absolute atomic E-state index is 12.9. The summed E-state index contributed by atoms with van der Waals surface area (Å²) in [5.74, 6) is 0.149. The lowest BCUT2D eigenvalue weighted by atomic mass is 9.84. The molecule has 0 radical (unpaired) electrons. The van der Waals surface area contributed by atoms with Gasteiger partial charge in [0.05, 0.1) is 12.0 Å². The molecule has 0 unspecified atom stereocenters.